The van der Waals surface area contributed by atoms with Crippen LogP contribution in [0.2, 0.25) is 0 Å². The number of H-pyrrole nitrogens is 2. The molecular weight excluding hydrogens is 366 g/mol. The topological polar surface area (TPSA) is 43.9 Å². The molecule has 30 heavy (non-hydrogen) atoms. The van der Waals surface area contributed by atoms with Crippen molar-refractivity contribution >= 4 is 11.8 Å². The summed E-state index contributed by atoms with van der Waals surface area (Å²) in [6, 6.07) is 6.58. The second-order valence-corrected chi connectivity index (χ2v) is 8.66. The molecule has 0 unspecified atom stereocenters. The number of unbranched alkanes of at least 4 members (excludes halogenated alkanes) is 8. The van der Waals surface area contributed by atoms with Gasteiger partial charge in [0, 0.05) is 17.6 Å². The molecule has 3 rings (SSSR count). The third-order valence-electron chi connectivity index (χ3n) is 5.95. The number of aromatic nitrogens is 2. The molecule has 0 fully saturated rings. The number of aliphatic imine (C=N–C) groups is 1. The molecule has 3 nitrogen and oxygen atoms in total. The molecule has 0 spiro atoms. The maximum Gasteiger partial charge on any atom is 0.0904 e. The Bertz CT molecular complexity index is 876. The van der Waals surface area contributed by atoms with Gasteiger partial charge in [-0.25, -0.2) is 4.99 Å². The Morgan fingerprint density at radius 3 is 2.33 bits per heavy atom. The van der Waals surface area contributed by atoms with E-state index in [1.54, 1.807) is 0 Å². The number of nitrogens with zero attached hydrogens (tertiary/aromatic N) is 1. The standard InChI is InChI=1S/C27H39N3/c1-4-6-7-8-9-10-11-12-13-14-23-15-16-24(29-23)19-25-18-22(5-2)27(30-25)26-17-21(3)20-28-26/h15-20,28-29H,4-14H2,1-3H3/b25-19+. The number of allylic oxidation sites excluding steroid dienone is 2. The summed E-state index contributed by atoms with van der Waals surface area (Å²) in [4.78, 5) is 11.8. The molecule has 2 aromatic rings. The Balaban J connectivity index is 1.46. The predicted molar refractivity (Wildman–Crippen MR) is 130 cm³/mol. The van der Waals surface area contributed by atoms with Crippen molar-refractivity contribution in [1.82, 2.24) is 9.97 Å². The van der Waals surface area contributed by atoms with Gasteiger partial charge in [0.15, 0.2) is 0 Å². The summed E-state index contributed by atoms with van der Waals surface area (Å²) in [5.41, 5.74) is 8.25. The van der Waals surface area contributed by atoms with E-state index >= 15 is 0 Å². The van der Waals surface area contributed by atoms with E-state index in [1.807, 2.05) is 6.20 Å². The smallest absolute Gasteiger partial charge is 0.0904 e. The first-order chi connectivity index (χ1) is 14.7. The molecular formula is C27H39N3. The van der Waals surface area contributed by atoms with Crippen molar-refractivity contribution in [1.29, 1.82) is 0 Å². The molecule has 0 aromatic carbocycles. The summed E-state index contributed by atoms with van der Waals surface area (Å²) in [5.74, 6) is 0. The quantitative estimate of drug-likeness (QED) is 0.318. The summed E-state index contributed by atoms with van der Waals surface area (Å²) in [5, 5.41) is 0. The van der Waals surface area contributed by atoms with Crippen molar-refractivity contribution in [3.8, 4) is 0 Å². The highest BCUT2D eigenvalue weighted by atomic mass is 14.8. The molecule has 3 heterocycles. The molecule has 1 aliphatic heterocycles. The van der Waals surface area contributed by atoms with Gasteiger partial charge in [0.1, 0.15) is 0 Å². The van der Waals surface area contributed by atoms with Crippen LogP contribution >= 0.6 is 0 Å². The first-order valence-electron chi connectivity index (χ1n) is 12.0. The van der Waals surface area contributed by atoms with E-state index in [2.05, 4.69) is 61.1 Å². The summed E-state index contributed by atoms with van der Waals surface area (Å²) < 4.78 is 0. The van der Waals surface area contributed by atoms with Crippen LogP contribution in [0.5, 0.6) is 0 Å². The van der Waals surface area contributed by atoms with E-state index < -0.39 is 0 Å². The van der Waals surface area contributed by atoms with Gasteiger partial charge in [-0.3, -0.25) is 0 Å². The number of nitrogens with one attached hydrogen (secondary N) is 2. The maximum atomic E-state index is 4.88. The monoisotopic (exact) mass is 405 g/mol. The average Bonchev–Trinajstić information content (AvgIpc) is 3.47. The van der Waals surface area contributed by atoms with Gasteiger partial charge in [-0.15, -0.1) is 0 Å². The molecule has 0 saturated carbocycles. The summed E-state index contributed by atoms with van der Waals surface area (Å²) in [6.07, 6.45) is 20.9. The number of hydrogen-bond acceptors (Lipinski definition) is 1. The zero-order valence-electron chi connectivity index (χ0n) is 19.2. The van der Waals surface area contributed by atoms with Gasteiger partial charge in [0.2, 0.25) is 0 Å². The van der Waals surface area contributed by atoms with Gasteiger partial charge in [-0.1, -0.05) is 65.2 Å². The van der Waals surface area contributed by atoms with Gasteiger partial charge in [-0.05, 0) is 67.7 Å². The molecule has 0 amide bonds. The van der Waals surface area contributed by atoms with E-state index in [1.165, 1.54) is 74.6 Å². The number of aromatic amines is 2. The van der Waals surface area contributed by atoms with Crippen molar-refractivity contribution in [3.05, 3.63) is 64.4 Å². The number of hydrogen-bond donors (Lipinski definition) is 2. The molecule has 0 saturated heterocycles. The zero-order valence-corrected chi connectivity index (χ0v) is 19.2. The number of aryl methyl sites for hydroxylation is 2. The molecule has 162 valence electrons. The molecule has 2 aromatic heterocycles. The molecule has 0 bridgehead atoms. The highest BCUT2D eigenvalue weighted by molar-refractivity contribution is 6.14. The fraction of sp³-hybridized carbons (Fsp3) is 0.519. The first-order valence-corrected chi connectivity index (χ1v) is 12.0. The van der Waals surface area contributed by atoms with Gasteiger partial charge < -0.3 is 9.97 Å². The third kappa shape index (κ3) is 6.62. The highest BCUT2D eigenvalue weighted by Crippen LogP contribution is 2.25. The molecule has 0 atom stereocenters. The molecule has 0 aliphatic carbocycles. The van der Waals surface area contributed by atoms with Crippen LogP contribution in [0, 0.1) is 6.92 Å². The minimum Gasteiger partial charge on any atom is -0.360 e. The molecule has 1 aliphatic rings. The van der Waals surface area contributed by atoms with Crippen LogP contribution in [-0.2, 0) is 6.42 Å². The van der Waals surface area contributed by atoms with Crippen LogP contribution in [-0.4, -0.2) is 15.7 Å². The predicted octanol–water partition coefficient (Wildman–Crippen LogP) is 7.90. The summed E-state index contributed by atoms with van der Waals surface area (Å²) >= 11 is 0. The second-order valence-electron chi connectivity index (χ2n) is 8.66. The molecule has 0 radical (unpaired) electrons. The lowest BCUT2D eigenvalue weighted by atomic mass is 10.1. The Morgan fingerprint density at radius 1 is 0.933 bits per heavy atom. The first kappa shape index (κ1) is 22.4. The minimum absolute atomic E-state index is 0.989. The highest BCUT2D eigenvalue weighted by Gasteiger charge is 2.16. The van der Waals surface area contributed by atoms with Gasteiger partial charge >= 0.3 is 0 Å². The maximum absolute atomic E-state index is 4.88. The van der Waals surface area contributed by atoms with Crippen molar-refractivity contribution < 1.29 is 0 Å². The lowest BCUT2D eigenvalue weighted by molar-refractivity contribution is 0.564. The van der Waals surface area contributed by atoms with E-state index in [-0.39, 0.29) is 0 Å². The average molecular weight is 406 g/mol. The summed E-state index contributed by atoms with van der Waals surface area (Å²) in [7, 11) is 0. The Kier molecular flexibility index (Phi) is 8.80. The van der Waals surface area contributed by atoms with Crippen LogP contribution in [0.25, 0.3) is 6.08 Å². The van der Waals surface area contributed by atoms with Gasteiger partial charge in [0.05, 0.1) is 17.1 Å². The molecule has 3 heteroatoms. The van der Waals surface area contributed by atoms with E-state index in [0.29, 0.717) is 0 Å². The van der Waals surface area contributed by atoms with Crippen LogP contribution in [0.4, 0.5) is 0 Å². The third-order valence-corrected chi connectivity index (χ3v) is 5.95. The van der Waals surface area contributed by atoms with Crippen molar-refractivity contribution in [2.45, 2.75) is 91.4 Å². The lowest BCUT2D eigenvalue weighted by Crippen LogP contribution is -2.01. The van der Waals surface area contributed by atoms with E-state index in [0.717, 1.165) is 35.6 Å². The van der Waals surface area contributed by atoms with Crippen LogP contribution in [0.15, 0.2) is 46.7 Å². The Hall–Kier alpha value is -2.29. The molecule has 2 N–H and O–H groups in total. The van der Waals surface area contributed by atoms with Crippen molar-refractivity contribution in [2.24, 2.45) is 4.99 Å². The summed E-state index contributed by atoms with van der Waals surface area (Å²) in [6.45, 7) is 6.58. The van der Waals surface area contributed by atoms with Crippen molar-refractivity contribution in [3.63, 3.8) is 0 Å². The lowest BCUT2D eigenvalue weighted by Gasteiger charge is -2.01. The van der Waals surface area contributed by atoms with Crippen LogP contribution in [0.1, 0.15) is 101 Å². The Morgan fingerprint density at radius 2 is 1.67 bits per heavy atom. The van der Waals surface area contributed by atoms with Gasteiger partial charge in [-0.2, -0.15) is 0 Å². The normalized spacial score (nSPS) is 15.1. The van der Waals surface area contributed by atoms with Crippen molar-refractivity contribution in [2.75, 3.05) is 0 Å². The fourth-order valence-corrected chi connectivity index (χ4v) is 4.17. The van der Waals surface area contributed by atoms with Gasteiger partial charge in [0.25, 0.3) is 0 Å². The number of rotatable bonds is 13. The zero-order chi connectivity index (χ0) is 21.2. The minimum atomic E-state index is 0.989. The van der Waals surface area contributed by atoms with Crippen LogP contribution < -0.4 is 0 Å². The van der Waals surface area contributed by atoms with Crippen LogP contribution in [0.3, 0.4) is 0 Å². The Labute approximate surface area is 182 Å². The van der Waals surface area contributed by atoms with E-state index in [9.17, 15) is 0 Å². The second kappa shape index (κ2) is 11.8. The largest absolute Gasteiger partial charge is 0.360 e. The fourth-order valence-electron chi connectivity index (χ4n) is 4.17. The van der Waals surface area contributed by atoms with E-state index in [4.69, 9.17) is 4.99 Å². The SMILES string of the molecule is CCCCCCCCCCCc1ccc(/C=C2\C=C(CC)C(c3cc(C)c[nH]3)=N2)[nH]1.